The predicted molar refractivity (Wildman–Crippen MR) is 90.4 cm³/mol. The van der Waals surface area contributed by atoms with Gasteiger partial charge < -0.3 is 15.1 Å². The number of nitrogens with zero attached hydrogens (tertiary/aromatic N) is 2. The number of hydrogen-bond donors (Lipinski definition) is 1. The minimum absolute atomic E-state index is 0.0179. The molecule has 1 heterocycles. The lowest BCUT2D eigenvalue weighted by Gasteiger charge is -2.36. The van der Waals surface area contributed by atoms with Gasteiger partial charge in [-0.3, -0.25) is 0 Å². The molecule has 0 aliphatic carbocycles. The number of nitrogens with one attached hydrogen (secondary N) is 1. The Morgan fingerprint density at radius 1 is 0.909 bits per heavy atom. The second-order valence-electron chi connectivity index (χ2n) is 5.56. The molecule has 0 aromatic heterocycles. The molecule has 4 heteroatoms. The molecule has 2 amide bonds. The highest BCUT2D eigenvalue weighted by Gasteiger charge is 2.21. The topological polar surface area (TPSA) is 35.6 Å². The van der Waals surface area contributed by atoms with Crippen molar-refractivity contribution in [2.24, 2.45) is 0 Å². The number of anilines is 2. The van der Waals surface area contributed by atoms with Crippen molar-refractivity contribution in [2.75, 3.05) is 36.4 Å². The molecule has 22 heavy (non-hydrogen) atoms. The molecule has 2 aromatic carbocycles. The van der Waals surface area contributed by atoms with Gasteiger partial charge in [0.1, 0.15) is 0 Å². The van der Waals surface area contributed by atoms with E-state index in [-0.39, 0.29) is 6.03 Å². The first kappa shape index (κ1) is 14.4. The Hall–Kier alpha value is -2.49. The van der Waals surface area contributed by atoms with Crippen LogP contribution in [0.5, 0.6) is 0 Å². The molecular formula is C18H21N3O. The van der Waals surface area contributed by atoms with E-state index in [2.05, 4.69) is 41.4 Å². The highest BCUT2D eigenvalue weighted by Crippen LogP contribution is 2.21. The Labute approximate surface area is 131 Å². The quantitative estimate of drug-likeness (QED) is 0.922. The minimum atomic E-state index is -0.0179. The third-order valence-corrected chi connectivity index (χ3v) is 4.05. The van der Waals surface area contributed by atoms with E-state index in [1.807, 2.05) is 35.2 Å². The summed E-state index contributed by atoms with van der Waals surface area (Å²) in [6, 6.07) is 18.0. The Morgan fingerprint density at radius 2 is 1.55 bits per heavy atom. The highest BCUT2D eigenvalue weighted by atomic mass is 16.2. The number of amides is 2. The number of urea groups is 1. The monoisotopic (exact) mass is 295 g/mol. The number of rotatable bonds is 2. The maximum Gasteiger partial charge on any atom is 0.321 e. The first-order valence-corrected chi connectivity index (χ1v) is 7.65. The summed E-state index contributed by atoms with van der Waals surface area (Å²) in [5.74, 6) is 0. The van der Waals surface area contributed by atoms with Crippen LogP contribution in [0.15, 0.2) is 54.6 Å². The normalized spacial score (nSPS) is 14.8. The number of carbonyl (C=O) groups is 1. The first-order valence-electron chi connectivity index (χ1n) is 7.65. The lowest BCUT2D eigenvalue weighted by molar-refractivity contribution is 0.208. The van der Waals surface area contributed by atoms with Gasteiger partial charge in [-0.2, -0.15) is 0 Å². The highest BCUT2D eigenvalue weighted by molar-refractivity contribution is 5.89. The molecule has 0 radical (unpaired) electrons. The van der Waals surface area contributed by atoms with E-state index in [0.717, 1.165) is 31.9 Å². The van der Waals surface area contributed by atoms with Crippen molar-refractivity contribution in [2.45, 2.75) is 6.92 Å². The van der Waals surface area contributed by atoms with Gasteiger partial charge in [-0.15, -0.1) is 0 Å². The van der Waals surface area contributed by atoms with Crippen LogP contribution in [0.25, 0.3) is 0 Å². The van der Waals surface area contributed by atoms with Crippen molar-refractivity contribution in [3.63, 3.8) is 0 Å². The largest absolute Gasteiger partial charge is 0.368 e. The number of hydrogen-bond acceptors (Lipinski definition) is 2. The average Bonchev–Trinajstić information content (AvgIpc) is 2.56. The molecular weight excluding hydrogens is 274 g/mol. The lowest BCUT2D eigenvalue weighted by Crippen LogP contribution is -2.50. The fourth-order valence-electron chi connectivity index (χ4n) is 2.79. The van der Waals surface area contributed by atoms with E-state index in [4.69, 9.17) is 0 Å². The minimum Gasteiger partial charge on any atom is -0.368 e. The van der Waals surface area contributed by atoms with E-state index in [1.165, 1.54) is 11.3 Å². The molecule has 2 aromatic rings. The van der Waals surface area contributed by atoms with Crippen molar-refractivity contribution in [1.82, 2.24) is 4.90 Å². The van der Waals surface area contributed by atoms with E-state index in [9.17, 15) is 4.79 Å². The fraction of sp³-hybridized carbons (Fsp3) is 0.278. The SMILES string of the molecule is Cc1ccccc1N1CCN(C(=O)Nc2ccccc2)CC1. The molecule has 1 N–H and O–H groups in total. The standard InChI is InChI=1S/C18H21N3O/c1-15-7-5-6-10-17(15)20-11-13-21(14-12-20)18(22)19-16-8-3-2-4-9-16/h2-10H,11-14H2,1H3,(H,19,22). The molecule has 1 saturated heterocycles. The fourth-order valence-corrected chi connectivity index (χ4v) is 2.79. The zero-order valence-corrected chi connectivity index (χ0v) is 12.8. The van der Waals surface area contributed by atoms with Crippen LogP contribution >= 0.6 is 0 Å². The van der Waals surface area contributed by atoms with Crippen molar-refractivity contribution in [1.29, 1.82) is 0 Å². The van der Waals surface area contributed by atoms with Crippen LogP contribution in [0.3, 0.4) is 0 Å². The maximum atomic E-state index is 12.3. The molecule has 4 nitrogen and oxygen atoms in total. The molecule has 114 valence electrons. The van der Waals surface area contributed by atoms with Crippen LogP contribution in [-0.4, -0.2) is 37.1 Å². The van der Waals surface area contributed by atoms with E-state index in [0.29, 0.717) is 0 Å². The Bertz CT molecular complexity index is 634. The van der Waals surface area contributed by atoms with E-state index in [1.54, 1.807) is 0 Å². The summed E-state index contributed by atoms with van der Waals surface area (Å²) in [5, 5.41) is 2.95. The number of carbonyl (C=O) groups excluding carboxylic acids is 1. The average molecular weight is 295 g/mol. The van der Waals surface area contributed by atoms with Crippen LogP contribution in [-0.2, 0) is 0 Å². The maximum absolute atomic E-state index is 12.3. The van der Waals surface area contributed by atoms with Gasteiger partial charge in [0.25, 0.3) is 0 Å². The Balaban J connectivity index is 1.58. The molecule has 1 aliphatic rings. The van der Waals surface area contributed by atoms with Crippen LogP contribution in [0.1, 0.15) is 5.56 Å². The number of piperazine rings is 1. The summed E-state index contributed by atoms with van der Waals surface area (Å²) in [6.07, 6.45) is 0. The summed E-state index contributed by atoms with van der Waals surface area (Å²) < 4.78 is 0. The molecule has 0 unspecified atom stereocenters. The molecule has 0 atom stereocenters. The van der Waals surface area contributed by atoms with Crippen molar-refractivity contribution in [3.8, 4) is 0 Å². The number of para-hydroxylation sites is 2. The molecule has 1 fully saturated rings. The van der Waals surface area contributed by atoms with Crippen LogP contribution in [0.2, 0.25) is 0 Å². The van der Waals surface area contributed by atoms with Gasteiger partial charge in [0.2, 0.25) is 0 Å². The van der Waals surface area contributed by atoms with Gasteiger partial charge in [0, 0.05) is 37.6 Å². The smallest absolute Gasteiger partial charge is 0.321 e. The summed E-state index contributed by atoms with van der Waals surface area (Å²) in [7, 11) is 0. The lowest BCUT2D eigenvalue weighted by atomic mass is 10.1. The first-order chi connectivity index (χ1) is 10.7. The second kappa shape index (κ2) is 6.52. The number of benzene rings is 2. The van der Waals surface area contributed by atoms with Gasteiger partial charge >= 0.3 is 6.03 Å². The predicted octanol–water partition coefficient (Wildman–Crippen LogP) is 3.35. The van der Waals surface area contributed by atoms with Crippen molar-refractivity contribution in [3.05, 3.63) is 60.2 Å². The van der Waals surface area contributed by atoms with Crippen LogP contribution in [0.4, 0.5) is 16.2 Å². The summed E-state index contributed by atoms with van der Waals surface area (Å²) in [6.45, 7) is 5.35. The third-order valence-electron chi connectivity index (χ3n) is 4.05. The molecule has 0 spiro atoms. The van der Waals surface area contributed by atoms with Crippen LogP contribution in [0, 0.1) is 6.92 Å². The van der Waals surface area contributed by atoms with Crippen LogP contribution < -0.4 is 10.2 Å². The summed E-state index contributed by atoms with van der Waals surface area (Å²) in [5.41, 5.74) is 3.39. The van der Waals surface area contributed by atoms with E-state index >= 15 is 0 Å². The van der Waals surface area contributed by atoms with Gasteiger partial charge in [-0.25, -0.2) is 4.79 Å². The van der Waals surface area contributed by atoms with E-state index < -0.39 is 0 Å². The van der Waals surface area contributed by atoms with Gasteiger partial charge in [-0.1, -0.05) is 36.4 Å². The Kier molecular flexibility index (Phi) is 4.28. The summed E-state index contributed by atoms with van der Waals surface area (Å²) >= 11 is 0. The summed E-state index contributed by atoms with van der Waals surface area (Å²) in [4.78, 5) is 16.5. The van der Waals surface area contributed by atoms with Gasteiger partial charge in [0.15, 0.2) is 0 Å². The molecule has 1 aliphatic heterocycles. The van der Waals surface area contributed by atoms with Gasteiger partial charge in [0.05, 0.1) is 0 Å². The molecule has 3 rings (SSSR count). The Morgan fingerprint density at radius 3 is 2.23 bits per heavy atom. The second-order valence-corrected chi connectivity index (χ2v) is 5.56. The molecule has 0 bridgehead atoms. The molecule has 0 saturated carbocycles. The van der Waals surface area contributed by atoms with Crippen molar-refractivity contribution >= 4 is 17.4 Å². The zero-order chi connectivity index (χ0) is 15.4. The number of aryl methyl sites for hydroxylation is 1. The zero-order valence-electron chi connectivity index (χ0n) is 12.8. The van der Waals surface area contributed by atoms with Crippen molar-refractivity contribution < 1.29 is 4.79 Å². The van der Waals surface area contributed by atoms with Gasteiger partial charge in [-0.05, 0) is 30.7 Å². The third kappa shape index (κ3) is 3.22.